The van der Waals surface area contributed by atoms with Crippen molar-refractivity contribution in [3.05, 3.63) is 59.0 Å². The summed E-state index contributed by atoms with van der Waals surface area (Å²) >= 11 is 6.15. The van der Waals surface area contributed by atoms with Gasteiger partial charge in [0.2, 0.25) is 0 Å². The summed E-state index contributed by atoms with van der Waals surface area (Å²) in [5.41, 5.74) is -0.0935. The number of aliphatic hydroxyl groups is 2. The van der Waals surface area contributed by atoms with Gasteiger partial charge < -0.3 is 14.6 Å². The van der Waals surface area contributed by atoms with Crippen molar-refractivity contribution in [2.45, 2.75) is 11.8 Å². The summed E-state index contributed by atoms with van der Waals surface area (Å²) in [6.45, 7) is -0.401. The van der Waals surface area contributed by atoms with Crippen molar-refractivity contribution < 1.29 is 14.6 Å². The molecule has 0 aliphatic carbocycles. The molecule has 2 aromatic rings. The molecular formula is C14H15ClO3. The van der Waals surface area contributed by atoms with Gasteiger partial charge in [-0.1, -0.05) is 29.8 Å². The first-order valence-electron chi connectivity index (χ1n) is 5.71. The molecule has 3 nitrogen and oxygen atoms in total. The summed E-state index contributed by atoms with van der Waals surface area (Å²) in [5.74, 6) is 0.706. The lowest BCUT2D eigenvalue weighted by molar-refractivity contribution is 0.112. The molecule has 0 radical (unpaired) electrons. The lowest BCUT2D eigenvalue weighted by Gasteiger charge is -2.30. The Morgan fingerprint density at radius 2 is 1.78 bits per heavy atom. The average molecular weight is 267 g/mol. The predicted octanol–water partition coefficient (Wildman–Crippen LogP) is 2.40. The monoisotopic (exact) mass is 266 g/mol. The number of hydrogen-bond donors (Lipinski definition) is 2. The van der Waals surface area contributed by atoms with E-state index in [2.05, 4.69) is 0 Å². The van der Waals surface area contributed by atoms with E-state index in [0.717, 1.165) is 5.56 Å². The number of benzene rings is 1. The lowest BCUT2D eigenvalue weighted by atomic mass is 9.78. The Labute approximate surface area is 111 Å². The Kier molecular flexibility index (Phi) is 4.07. The predicted molar refractivity (Wildman–Crippen MR) is 69.7 cm³/mol. The normalized spacial score (nSPS) is 11.7. The fourth-order valence-electron chi connectivity index (χ4n) is 2.07. The number of furan rings is 1. The summed E-state index contributed by atoms with van der Waals surface area (Å²) < 4.78 is 5.29. The Morgan fingerprint density at radius 3 is 2.33 bits per heavy atom. The number of hydrogen-bond acceptors (Lipinski definition) is 3. The SMILES string of the molecule is OCC(CO)(Cc1ccco1)c1ccccc1Cl. The minimum atomic E-state index is -0.823. The zero-order valence-electron chi connectivity index (χ0n) is 9.84. The van der Waals surface area contributed by atoms with E-state index in [4.69, 9.17) is 16.0 Å². The Morgan fingerprint density at radius 1 is 1.06 bits per heavy atom. The first-order chi connectivity index (χ1) is 8.72. The van der Waals surface area contributed by atoms with Crippen molar-refractivity contribution in [2.75, 3.05) is 13.2 Å². The molecule has 4 heteroatoms. The summed E-state index contributed by atoms with van der Waals surface area (Å²) in [6.07, 6.45) is 1.97. The van der Waals surface area contributed by atoms with E-state index in [1.54, 1.807) is 18.4 Å². The fraction of sp³-hybridized carbons (Fsp3) is 0.286. The van der Waals surface area contributed by atoms with Crippen LogP contribution in [0.3, 0.4) is 0 Å². The van der Waals surface area contributed by atoms with Crippen LogP contribution in [-0.4, -0.2) is 23.4 Å². The van der Waals surface area contributed by atoms with E-state index in [9.17, 15) is 10.2 Å². The molecule has 0 aliphatic rings. The summed E-state index contributed by atoms with van der Waals surface area (Å²) in [6, 6.07) is 10.8. The maximum Gasteiger partial charge on any atom is 0.104 e. The number of halogens is 1. The van der Waals surface area contributed by atoms with Crippen LogP contribution in [0.5, 0.6) is 0 Å². The maximum absolute atomic E-state index is 9.69. The van der Waals surface area contributed by atoms with Crippen LogP contribution in [0.2, 0.25) is 5.02 Å². The van der Waals surface area contributed by atoms with Crippen molar-refractivity contribution in [3.8, 4) is 0 Å². The van der Waals surface area contributed by atoms with Crippen LogP contribution in [0.15, 0.2) is 47.1 Å². The molecule has 2 N–H and O–H groups in total. The number of aliphatic hydroxyl groups excluding tert-OH is 2. The zero-order chi connectivity index (χ0) is 13.0. The fourth-order valence-corrected chi connectivity index (χ4v) is 2.40. The highest BCUT2D eigenvalue weighted by atomic mass is 35.5. The van der Waals surface area contributed by atoms with Crippen LogP contribution < -0.4 is 0 Å². The Bertz CT molecular complexity index is 490. The Hall–Kier alpha value is -1.29. The van der Waals surface area contributed by atoms with Crippen LogP contribution in [0.1, 0.15) is 11.3 Å². The van der Waals surface area contributed by atoms with Gasteiger partial charge in [0.25, 0.3) is 0 Å². The molecule has 0 fully saturated rings. The zero-order valence-corrected chi connectivity index (χ0v) is 10.6. The van der Waals surface area contributed by atoms with Gasteiger partial charge in [0.05, 0.1) is 19.5 Å². The quantitative estimate of drug-likeness (QED) is 0.874. The largest absolute Gasteiger partial charge is 0.469 e. The van der Waals surface area contributed by atoms with Crippen molar-refractivity contribution in [1.82, 2.24) is 0 Å². The summed E-state index contributed by atoms with van der Waals surface area (Å²) in [5, 5.41) is 19.9. The van der Waals surface area contributed by atoms with Crippen LogP contribution in [0, 0.1) is 0 Å². The van der Waals surface area contributed by atoms with E-state index >= 15 is 0 Å². The molecular weight excluding hydrogens is 252 g/mol. The van der Waals surface area contributed by atoms with E-state index in [-0.39, 0.29) is 13.2 Å². The molecule has 96 valence electrons. The molecule has 0 saturated carbocycles. The minimum Gasteiger partial charge on any atom is -0.469 e. The van der Waals surface area contributed by atoms with E-state index in [1.807, 2.05) is 24.3 Å². The highest BCUT2D eigenvalue weighted by molar-refractivity contribution is 6.31. The van der Waals surface area contributed by atoms with Gasteiger partial charge in [-0.05, 0) is 23.8 Å². The molecule has 0 spiro atoms. The first kappa shape index (κ1) is 13.1. The lowest BCUT2D eigenvalue weighted by Crippen LogP contribution is -2.37. The van der Waals surface area contributed by atoms with Crippen molar-refractivity contribution in [1.29, 1.82) is 0 Å². The van der Waals surface area contributed by atoms with Gasteiger partial charge in [0.15, 0.2) is 0 Å². The van der Waals surface area contributed by atoms with Gasteiger partial charge in [-0.15, -0.1) is 0 Å². The standard InChI is InChI=1S/C14H15ClO3/c15-13-6-2-1-5-12(13)14(9-16,10-17)8-11-4-3-7-18-11/h1-7,16-17H,8-10H2. The van der Waals surface area contributed by atoms with Crippen molar-refractivity contribution in [3.63, 3.8) is 0 Å². The van der Waals surface area contributed by atoms with Crippen molar-refractivity contribution in [2.24, 2.45) is 0 Å². The molecule has 18 heavy (non-hydrogen) atoms. The average Bonchev–Trinajstić information content (AvgIpc) is 2.90. The molecule has 0 atom stereocenters. The molecule has 1 aromatic heterocycles. The van der Waals surface area contributed by atoms with Gasteiger partial charge in [-0.3, -0.25) is 0 Å². The van der Waals surface area contributed by atoms with Gasteiger partial charge in [0.1, 0.15) is 5.76 Å². The third kappa shape index (κ3) is 2.43. The first-order valence-corrected chi connectivity index (χ1v) is 6.09. The molecule has 0 saturated heterocycles. The molecule has 1 heterocycles. The van der Waals surface area contributed by atoms with Gasteiger partial charge in [0, 0.05) is 16.9 Å². The van der Waals surface area contributed by atoms with Gasteiger partial charge in [-0.25, -0.2) is 0 Å². The second-order valence-corrected chi connectivity index (χ2v) is 4.74. The van der Waals surface area contributed by atoms with E-state index in [1.165, 1.54) is 0 Å². The van der Waals surface area contributed by atoms with Crippen LogP contribution in [-0.2, 0) is 11.8 Å². The summed E-state index contributed by atoms with van der Waals surface area (Å²) in [7, 11) is 0. The second-order valence-electron chi connectivity index (χ2n) is 4.33. The minimum absolute atomic E-state index is 0.200. The summed E-state index contributed by atoms with van der Waals surface area (Å²) in [4.78, 5) is 0. The van der Waals surface area contributed by atoms with Crippen LogP contribution in [0.4, 0.5) is 0 Å². The molecule has 0 aliphatic heterocycles. The number of rotatable bonds is 5. The molecule has 0 amide bonds. The highest BCUT2D eigenvalue weighted by Crippen LogP contribution is 2.33. The molecule has 0 bridgehead atoms. The smallest absolute Gasteiger partial charge is 0.104 e. The van der Waals surface area contributed by atoms with Gasteiger partial charge in [-0.2, -0.15) is 0 Å². The molecule has 0 unspecified atom stereocenters. The second kappa shape index (κ2) is 5.57. The highest BCUT2D eigenvalue weighted by Gasteiger charge is 2.34. The maximum atomic E-state index is 9.69. The van der Waals surface area contributed by atoms with Crippen LogP contribution in [0.25, 0.3) is 0 Å². The third-order valence-corrected chi connectivity index (χ3v) is 3.47. The van der Waals surface area contributed by atoms with E-state index < -0.39 is 5.41 Å². The van der Waals surface area contributed by atoms with Gasteiger partial charge >= 0.3 is 0 Å². The van der Waals surface area contributed by atoms with Crippen LogP contribution >= 0.6 is 11.6 Å². The molecule has 1 aromatic carbocycles. The van der Waals surface area contributed by atoms with Crippen molar-refractivity contribution >= 4 is 11.6 Å². The topological polar surface area (TPSA) is 53.6 Å². The third-order valence-electron chi connectivity index (χ3n) is 3.14. The molecule has 2 rings (SSSR count). The Balaban J connectivity index is 2.40. The van der Waals surface area contributed by atoms with E-state index in [0.29, 0.717) is 17.2 Å².